The van der Waals surface area contributed by atoms with Crippen molar-refractivity contribution in [2.45, 2.75) is 6.42 Å². The second kappa shape index (κ2) is 6.06. The molecule has 0 atom stereocenters. The number of hydrazine groups is 1. The molecule has 1 aliphatic heterocycles. The number of hydrogen-bond acceptors (Lipinski definition) is 6. The van der Waals surface area contributed by atoms with Crippen LogP contribution >= 0.6 is 0 Å². The Hall–Kier alpha value is -2.19. The third kappa shape index (κ3) is 3.47. The largest absolute Gasteiger partial charge is 0.469 e. The van der Waals surface area contributed by atoms with E-state index in [1.165, 1.54) is 4.90 Å². The molecule has 8 nitrogen and oxygen atoms in total. The van der Waals surface area contributed by atoms with Crippen molar-refractivity contribution >= 4 is 5.95 Å². The van der Waals surface area contributed by atoms with Crippen LogP contribution in [0.25, 0.3) is 0 Å². The molecule has 3 heterocycles. The highest BCUT2D eigenvalue weighted by molar-refractivity contribution is 5.21. The zero-order valence-electron chi connectivity index (χ0n) is 11.9. The first-order valence-corrected chi connectivity index (χ1v) is 7.02. The zero-order chi connectivity index (χ0) is 14.7. The van der Waals surface area contributed by atoms with Crippen LogP contribution in [0.3, 0.4) is 0 Å². The molecule has 0 saturated carbocycles. The maximum absolute atomic E-state index is 12.0. The van der Waals surface area contributed by atoms with Crippen molar-refractivity contribution in [3.63, 3.8) is 0 Å². The van der Waals surface area contributed by atoms with Crippen molar-refractivity contribution in [2.75, 3.05) is 38.7 Å². The number of likely N-dealkylation sites (N-methyl/N-ethyl adjacent to an activating group) is 1. The highest BCUT2D eigenvalue weighted by Crippen LogP contribution is 2.04. The summed E-state index contributed by atoms with van der Waals surface area (Å²) in [6, 6.07) is 3.59. The molecule has 2 aromatic heterocycles. The molecule has 1 fully saturated rings. The fraction of sp³-hybridized carbons (Fsp3) is 0.462. The van der Waals surface area contributed by atoms with Crippen LogP contribution in [0, 0.1) is 0 Å². The summed E-state index contributed by atoms with van der Waals surface area (Å²) in [5, 5.41) is 10.1. The van der Waals surface area contributed by atoms with Gasteiger partial charge >= 0.3 is 0 Å². The Balaban J connectivity index is 1.65. The maximum Gasteiger partial charge on any atom is 0.274 e. The predicted molar refractivity (Wildman–Crippen MR) is 76.0 cm³/mol. The Labute approximate surface area is 121 Å². The second-order valence-corrected chi connectivity index (χ2v) is 5.26. The Morgan fingerprint density at radius 3 is 2.90 bits per heavy atom. The van der Waals surface area contributed by atoms with Gasteiger partial charge in [-0.2, -0.15) is 0 Å². The van der Waals surface area contributed by atoms with Crippen LogP contribution in [0.2, 0.25) is 0 Å². The number of H-pyrrole nitrogens is 1. The molecule has 0 unspecified atom stereocenters. The maximum atomic E-state index is 12.0. The number of furan rings is 1. The lowest BCUT2D eigenvalue weighted by Gasteiger charge is -2.29. The van der Waals surface area contributed by atoms with Gasteiger partial charge in [-0.1, -0.05) is 0 Å². The van der Waals surface area contributed by atoms with Gasteiger partial charge in [0.05, 0.1) is 45.9 Å². The lowest BCUT2D eigenvalue weighted by atomic mass is 10.2. The van der Waals surface area contributed by atoms with E-state index in [1.54, 1.807) is 18.4 Å². The predicted octanol–water partition coefficient (Wildman–Crippen LogP) is -1.49. The second-order valence-electron chi connectivity index (χ2n) is 5.26. The summed E-state index contributed by atoms with van der Waals surface area (Å²) >= 11 is 0. The molecule has 0 aliphatic carbocycles. The van der Waals surface area contributed by atoms with Crippen molar-refractivity contribution < 1.29 is 9.32 Å². The first kappa shape index (κ1) is 13.8. The van der Waals surface area contributed by atoms with Crippen LogP contribution in [-0.2, 0) is 6.42 Å². The minimum atomic E-state index is -0.247. The van der Waals surface area contributed by atoms with E-state index in [4.69, 9.17) is 4.42 Å². The SMILES string of the molecule is C[NH+]1CCN(Nc2nnc(Cc3ccco3)c(=O)[nH]2)CC1. The molecule has 0 radical (unpaired) electrons. The van der Waals surface area contributed by atoms with E-state index >= 15 is 0 Å². The summed E-state index contributed by atoms with van der Waals surface area (Å²) in [6.07, 6.45) is 1.91. The van der Waals surface area contributed by atoms with Gasteiger partial charge in [0.1, 0.15) is 11.5 Å². The highest BCUT2D eigenvalue weighted by Gasteiger charge is 2.17. The van der Waals surface area contributed by atoms with Gasteiger partial charge in [0.2, 0.25) is 5.95 Å². The van der Waals surface area contributed by atoms with E-state index in [-0.39, 0.29) is 5.56 Å². The molecule has 1 aliphatic rings. The van der Waals surface area contributed by atoms with Crippen LogP contribution < -0.4 is 15.9 Å². The van der Waals surface area contributed by atoms with Crippen molar-refractivity contribution in [1.29, 1.82) is 0 Å². The summed E-state index contributed by atoms with van der Waals surface area (Å²) in [5.74, 6) is 1.07. The number of nitrogens with zero attached hydrogens (tertiary/aromatic N) is 3. The monoisotopic (exact) mass is 291 g/mol. The first-order valence-electron chi connectivity index (χ1n) is 7.02. The number of rotatable bonds is 4. The average molecular weight is 291 g/mol. The molecule has 0 amide bonds. The van der Waals surface area contributed by atoms with E-state index in [2.05, 4.69) is 27.7 Å². The quantitative estimate of drug-likeness (QED) is 0.635. The number of hydrogen-bond donors (Lipinski definition) is 3. The van der Waals surface area contributed by atoms with Gasteiger partial charge in [-0.25, -0.2) is 5.01 Å². The van der Waals surface area contributed by atoms with E-state index in [9.17, 15) is 4.79 Å². The molecule has 112 valence electrons. The minimum absolute atomic E-state index is 0.247. The topological polar surface area (TPSA) is 91.5 Å². The lowest BCUT2D eigenvalue weighted by Crippen LogP contribution is -3.12. The summed E-state index contributed by atoms with van der Waals surface area (Å²) in [6.45, 7) is 3.93. The van der Waals surface area contributed by atoms with Gasteiger partial charge in [-0.15, -0.1) is 10.2 Å². The Bertz CT molecular complexity index is 630. The molecule has 3 N–H and O–H groups in total. The molecule has 0 aromatic carbocycles. The Morgan fingerprint density at radius 1 is 1.43 bits per heavy atom. The summed E-state index contributed by atoms with van der Waals surface area (Å²) in [7, 11) is 2.17. The minimum Gasteiger partial charge on any atom is -0.469 e. The van der Waals surface area contributed by atoms with Crippen molar-refractivity contribution in [3.8, 4) is 0 Å². The third-order valence-corrected chi connectivity index (χ3v) is 3.57. The van der Waals surface area contributed by atoms with E-state index in [1.807, 2.05) is 5.01 Å². The van der Waals surface area contributed by atoms with E-state index < -0.39 is 0 Å². The first-order chi connectivity index (χ1) is 10.2. The number of aromatic amines is 1. The summed E-state index contributed by atoms with van der Waals surface area (Å²) in [4.78, 5) is 16.2. The number of anilines is 1. The molecule has 8 heteroatoms. The lowest BCUT2D eigenvalue weighted by molar-refractivity contribution is -0.884. The zero-order valence-corrected chi connectivity index (χ0v) is 11.9. The molecule has 0 bridgehead atoms. The normalized spacial score (nSPS) is 17.0. The molecule has 3 rings (SSSR count). The van der Waals surface area contributed by atoms with Crippen molar-refractivity contribution in [2.24, 2.45) is 0 Å². The van der Waals surface area contributed by atoms with Crippen LogP contribution in [0.4, 0.5) is 5.95 Å². The summed E-state index contributed by atoms with van der Waals surface area (Å²) in [5.41, 5.74) is 3.19. The Kier molecular flexibility index (Phi) is 3.98. The molecule has 2 aromatic rings. The average Bonchev–Trinajstić information content (AvgIpc) is 2.97. The van der Waals surface area contributed by atoms with Gasteiger partial charge in [-0.3, -0.25) is 15.2 Å². The molecule has 1 saturated heterocycles. The van der Waals surface area contributed by atoms with Crippen molar-refractivity contribution in [1.82, 2.24) is 20.2 Å². The number of nitrogens with one attached hydrogen (secondary N) is 3. The highest BCUT2D eigenvalue weighted by atomic mass is 16.3. The van der Waals surface area contributed by atoms with Gasteiger partial charge < -0.3 is 9.32 Å². The van der Waals surface area contributed by atoms with Crippen LogP contribution in [0.15, 0.2) is 27.6 Å². The van der Waals surface area contributed by atoms with Crippen molar-refractivity contribution in [3.05, 3.63) is 40.2 Å². The van der Waals surface area contributed by atoms with Gasteiger partial charge in [-0.05, 0) is 12.1 Å². The molecular weight excluding hydrogens is 272 g/mol. The third-order valence-electron chi connectivity index (χ3n) is 3.57. The molecule has 0 spiro atoms. The smallest absolute Gasteiger partial charge is 0.274 e. The standard InChI is InChI=1S/C13H18N6O2/c1-18-4-6-19(7-5-18)17-13-14-12(20)11(15-16-13)9-10-3-2-8-21-10/h2-3,8H,4-7,9H2,1H3,(H2,14,16,17,20)/p+1. The molecule has 21 heavy (non-hydrogen) atoms. The fourth-order valence-electron chi connectivity index (χ4n) is 2.25. The summed E-state index contributed by atoms with van der Waals surface area (Å²) < 4.78 is 5.21. The number of quaternary nitrogens is 1. The molecular formula is C13H19N6O2+. The van der Waals surface area contributed by atoms with Crippen LogP contribution in [0.5, 0.6) is 0 Å². The van der Waals surface area contributed by atoms with Gasteiger partial charge in [0.15, 0.2) is 0 Å². The number of piperazine rings is 1. The van der Waals surface area contributed by atoms with E-state index in [0.717, 1.165) is 26.2 Å². The number of aromatic nitrogens is 3. The van der Waals surface area contributed by atoms with Crippen LogP contribution in [-0.4, -0.2) is 53.4 Å². The van der Waals surface area contributed by atoms with Gasteiger partial charge in [0, 0.05) is 0 Å². The fourth-order valence-corrected chi connectivity index (χ4v) is 2.25. The van der Waals surface area contributed by atoms with Gasteiger partial charge in [0.25, 0.3) is 5.56 Å². The van der Waals surface area contributed by atoms with Crippen LogP contribution in [0.1, 0.15) is 11.5 Å². The Morgan fingerprint density at radius 2 is 2.24 bits per heavy atom. The van der Waals surface area contributed by atoms with E-state index in [0.29, 0.717) is 23.8 Å².